The van der Waals surface area contributed by atoms with Gasteiger partial charge < -0.3 is 0 Å². The van der Waals surface area contributed by atoms with Crippen LogP contribution in [0.5, 0.6) is 0 Å². The zero-order chi connectivity index (χ0) is 11.4. The predicted molar refractivity (Wildman–Crippen MR) is 74.5 cm³/mol. The highest BCUT2D eigenvalue weighted by Gasteiger charge is 2.17. The van der Waals surface area contributed by atoms with Crippen molar-refractivity contribution in [2.75, 3.05) is 12.5 Å². The van der Waals surface area contributed by atoms with Crippen LogP contribution in [0.4, 0.5) is 0 Å². The lowest BCUT2D eigenvalue weighted by molar-refractivity contribution is 1.32. The Morgan fingerprint density at radius 2 is 1.38 bits per heavy atom. The standard InChI is InChI=1S/C14H15S2/c1-15-12-8-10-14(11-9-12)16(2)13-6-4-3-5-7-13/h3-11H,1-2H3/q+1. The van der Waals surface area contributed by atoms with Crippen molar-refractivity contribution in [2.24, 2.45) is 0 Å². The second-order valence-corrected chi connectivity index (χ2v) is 6.34. The molecule has 2 aromatic rings. The van der Waals surface area contributed by atoms with Crippen molar-refractivity contribution in [3.63, 3.8) is 0 Å². The highest BCUT2D eigenvalue weighted by molar-refractivity contribution is 7.98. The van der Waals surface area contributed by atoms with Gasteiger partial charge in [-0.15, -0.1) is 11.8 Å². The molecule has 0 saturated carbocycles. The van der Waals surface area contributed by atoms with Gasteiger partial charge in [0.15, 0.2) is 9.79 Å². The molecule has 0 nitrogen and oxygen atoms in total. The second-order valence-electron chi connectivity index (χ2n) is 3.50. The number of rotatable bonds is 3. The van der Waals surface area contributed by atoms with Crippen molar-refractivity contribution in [3.05, 3.63) is 54.6 Å². The molecule has 0 bridgehead atoms. The number of thioether (sulfide) groups is 1. The molecule has 0 amide bonds. The zero-order valence-corrected chi connectivity index (χ0v) is 11.1. The highest BCUT2D eigenvalue weighted by atomic mass is 32.2. The molecule has 0 aliphatic heterocycles. The first kappa shape index (κ1) is 11.6. The van der Waals surface area contributed by atoms with Crippen LogP contribution in [0.2, 0.25) is 0 Å². The summed E-state index contributed by atoms with van der Waals surface area (Å²) in [6.07, 6.45) is 4.39. The molecule has 16 heavy (non-hydrogen) atoms. The molecule has 1 atom stereocenters. The van der Waals surface area contributed by atoms with Crippen LogP contribution in [0.3, 0.4) is 0 Å². The molecule has 82 valence electrons. The summed E-state index contributed by atoms with van der Waals surface area (Å²) in [5.41, 5.74) is 0. The summed E-state index contributed by atoms with van der Waals surface area (Å²) in [5, 5.41) is 0. The SMILES string of the molecule is CSc1ccc([S+](C)c2ccccc2)cc1. The van der Waals surface area contributed by atoms with Crippen molar-refractivity contribution < 1.29 is 0 Å². The normalized spacial score (nSPS) is 12.4. The fourth-order valence-electron chi connectivity index (χ4n) is 1.54. The van der Waals surface area contributed by atoms with Gasteiger partial charge in [0.1, 0.15) is 6.26 Å². The van der Waals surface area contributed by atoms with Crippen molar-refractivity contribution in [3.8, 4) is 0 Å². The lowest BCUT2D eigenvalue weighted by atomic mass is 10.4. The predicted octanol–water partition coefficient (Wildman–Crippen LogP) is 4.07. The Kier molecular flexibility index (Phi) is 3.97. The summed E-state index contributed by atoms with van der Waals surface area (Å²) in [7, 11) is 0.184. The second kappa shape index (κ2) is 5.46. The van der Waals surface area contributed by atoms with Gasteiger partial charge in [-0.3, -0.25) is 0 Å². The first-order valence-corrected chi connectivity index (χ1v) is 8.02. The summed E-state index contributed by atoms with van der Waals surface area (Å²) < 4.78 is 0. The molecule has 2 aromatic carbocycles. The molecule has 0 saturated heterocycles. The van der Waals surface area contributed by atoms with Crippen LogP contribution in [0.1, 0.15) is 0 Å². The molecular formula is C14H15S2+. The fourth-order valence-corrected chi connectivity index (χ4v) is 3.33. The summed E-state index contributed by atoms with van der Waals surface area (Å²) in [5.74, 6) is 0. The van der Waals surface area contributed by atoms with Gasteiger partial charge >= 0.3 is 0 Å². The molecule has 0 aliphatic carbocycles. The van der Waals surface area contributed by atoms with Crippen molar-refractivity contribution in [1.29, 1.82) is 0 Å². The highest BCUT2D eigenvalue weighted by Crippen LogP contribution is 2.23. The molecule has 0 spiro atoms. The lowest BCUT2D eigenvalue weighted by Gasteiger charge is -2.02. The van der Waals surface area contributed by atoms with E-state index in [4.69, 9.17) is 0 Å². The van der Waals surface area contributed by atoms with Gasteiger partial charge in [0, 0.05) is 4.90 Å². The van der Waals surface area contributed by atoms with Crippen LogP contribution >= 0.6 is 11.8 Å². The van der Waals surface area contributed by atoms with Crippen LogP contribution in [0, 0.1) is 0 Å². The minimum absolute atomic E-state index is 0.184. The van der Waals surface area contributed by atoms with E-state index in [9.17, 15) is 0 Å². The maximum Gasteiger partial charge on any atom is 0.160 e. The van der Waals surface area contributed by atoms with Gasteiger partial charge in [0.2, 0.25) is 0 Å². The Hall–Kier alpha value is -0.860. The maximum atomic E-state index is 2.28. The van der Waals surface area contributed by atoms with Gasteiger partial charge in [0.05, 0.1) is 10.9 Å². The minimum atomic E-state index is 0.184. The zero-order valence-electron chi connectivity index (χ0n) is 9.51. The summed E-state index contributed by atoms with van der Waals surface area (Å²) in [4.78, 5) is 4.14. The summed E-state index contributed by atoms with van der Waals surface area (Å²) in [6, 6.07) is 19.6. The van der Waals surface area contributed by atoms with E-state index in [0.29, 0.717) is 0 Å². The molecule has 0 radical (unpaired) electrons. The topological polar surface area (TPSA) is 0 Å². The monoisotopic (exact) mass is 247 g/mol. The van der Waals surface area contributed by atoms with Crippen LogP contribution in [0.15, 0.2) is 69.3 Å². The fraction of sp³-hybridized carbons (Fsp3) is 0.143. The largest absolute Gasteiger partial charge is 0.160 e. The van der Waals surface area contributed by atoms with Gasteiger partial charge in [-0.05, 0) is 42.7 Å². The molecule has 0 N–H and O–H groups in total. The smallest absolute Gasteiger partial charge is 0.130 e. The molecular weight excluding hydrogens is 232 g/mol. The third-order valence-corrected chi connectivity index (χ3v) is 5.21. The Labute approximate surface area is 104 Å². The molecule has 2 heteroatoms. The average Bonchev–Trinajstić information content (AvgIpc) is 2.39. The minimum Gasteiger partial charge on any atom is -0.130 e. The van der Waals surface area contributed by atoms with Crippen LogP contribution in [0.25, 0.3) is 0 Å². The molecule has 0 aromatic heterocycles. The quantitative estimate of drug-likeness (QED) is 0.582. The van der Waals surface area contributed by atoms with E-state index in [1.807, 2.05) is 0 Å². The third kappa shape index (κ3) is 2.63. The summed E-state index contributed by atoms with van der Waals surface area (Å²) in [6.45, 7) is 0. The molecule has 0 aliphatic rings. The molecule has 1 unspecified atom stereocenters. The van der Waals surface area contributed by atoms with E-state index in [1.165, 1.54) is 14.7 Å². The molecule has 2 rings (SSSR count). The van der Waals surface area contributed by atoms with E-state index in [1.54, 1.807) is 11.8 Å². The van der Waals surface area contributed by atoms with Crippen LogP contribution < -0.4 is 0 Å². The van der Waals surface area contributed by atoms with E-state index >= 15 is 0 Å². The van der Waals surface area contributed by atoms with Crippen molar-refractivity contribution in [2.45, 2.75) is 14.7 Å². The Balaban J connectivity index is 2.24. The van der Waals surface area contributed by atoms with Gasteiger partial charge in [-0.1, -0.05) is 18.2 Å². The Morgan fingerprint density at radius 3 is 1.94 bits per heavy atom. The van der Waals surface area contributed by atoms with E-state index in [-0.39, 0.29) is 10.9 Å². The number of hydrogen-bond donors (Lipinski definition) is 0. The Morgan fingerprint density at radius 1 is 0.812 bits per heavy atom. The summed E-state index contributed by atoms with van der Waals surface area (Å²) >= 11 is 1.79. The van der Waals surface area contributed by atoms with Gasteiger partial charge in [-0.25, -0.2) is 0 Å². The van der Waals surface area contributed by atoms with Crippen LogP contribution in [-0.2, 0) is 10.9 Å². The first-order chi connectivity index (χ1) is 7.81. The van der Waals surface area contributed by atoms with E-state index in [0.717, 1.165) is 0 Å². The molecule has 0 fully saturated rings. The first-order valence-electron chi connectivity index (χ1n) is 5.16. The average molecular weight is 247 g/mol. The van der Waals surface area contributed by atoms with Crippen molar-refractivity contribution >= 4 is 22.7 Å². The van der Waals surface area contributed by atoms with Crippen molar-refractivity contribution in [1.82, 2.24) is 0 Å². The maximum absolute atomic E-state index is 2.28. The Bertz CT molecular complexity index is 434. The third-order valence-electron chi connectivity index (χ3n) is 2.51. The van der Waals surface area contributed by atoms with Crippen LogP contribution in [-0.4, -0.2) is 12.5 Å². The lowest BCUT2D eigenvalue weighted by Crippen LogP contribution is -1.99. The molecule has 0 heterocycles. The van der Waals surface area contributed by atoms with E-state index < -0.39 is 0 Å². The van der Waals surface area contributed by atoms with Gasteiger partial charge in [-0.2, -0.15) is 0 Å². The number of hydrogen-bond acceptors (Lipinski definition) is 1. The van der Waals surface area contributed by atoms with E-state index in [2.05, 4.69) is 67.1 Å². The number of benzene rings is 2. The van der Waals surface area contributed by atoms with Gasteiger partial charge in [0.25, 0.3) is 0 Å².